The molecule has 6 atom stereocenters. The number of H-pyrrole nitrogens is 2. The molecule has 4 saturated heterocycles. The van der Waals surface area contributed by atoms with E-state index in [0.717, 1.165) is 54.6 Å². The minimum Gasteiger partial charge on any atom is -0.392 e. The van der Waals surface area contributed by atoms with Crippen molar-refractivity contribution in [1.82, 2.24) is 39.8 Å². The number of amides is 3. The summed E-state index contributed by atoms with van der Waals surface area (Å²) < 4.78 is 26.4. The van der Waals surface area contributed by atoms with Crippen LogP contribution in [0.25, 0.3) is 21.8 Å². The van der Waals surface area contributed by atoms with Crippen LogP contribution < -0.4 is 5.32 Å². The van der Waals surface area contributed by atoms with Crippen LogP contribution in [0.15, 0.2) is 91.3 Å². The van der Waals surface area contributed by atoms with Gasteiger partial charge in [-0.05, 0) is 113 Å². The molecule has 18 heteroatoms. The molecule has 0 spiro atoms. The highest BCUT2D eigenvalue weighted by Crippen LogP contribution is 2.31. The van der Waals surface area contributed by atoms with Crippen LogP contribution in [0.5, 0.6) is 0 Å². The smallest absolute Gasteiger partial charge is 0.295 e. The summed E-state index contributed by atoms with van der Waals surface area (Å²) in [6.07, 6.45) is 3.98. The number of aromatic amines is 2. The average Bonchev–Trinajstić information content (AvgIpc) is 4.20. The number of carbonyl (C=O) groups excluding carboxylic acids is 4. The van der Waals surface area contributed by atoms with Crippen LogP contribution in [-0.4, -0.2) is 157 Å². The Bertz CT molecular complexity index is 2890. The number of carbonyl (C=O) groups is 4. The van der Waals surface area contributed by atoms with Gasteiger partial charge in [-0.15, -0.1) is 0 Å². The van der Waals surface area contributed by atoms with Crippen LogP contribution in [-0.2, 0) is 17.9 Å². The van der Waals surface area contributed by atoms with Crippen molar-refractivity contribution in [2.75, 3.05) is 52.4 Å². The normalized spacial score (nSPS) is 22.7. The number of likely N-dealkylation sites (tertiary alicyclic amines) is 1. The van der Waals surface area contributed by atoms with Crippen molar-refractivity contribution in [2.24, 2.45) is 0 Å². The van der Waals surface area contributed by atoms with Crippen molar-refractivity contribution < 1.29 is 38.2 Å². The van der Waals surface area contributed by atoms with Gasteiger partial charge in [0, 0.05) is 117 Å². The highest BCUT2D eigenvalue weighted by molar-refractivity contribution is 6.45. The maximum atomic E-state index is 13.7. The number of halogens is 4. The molecule has 4 fully saturated rings. The third-order valence-electron chi connectivity index (χ3n) is 14.1. The number of Topliss-reactive ketones (excluding diaryl/α,β-unsaturated/α-hetero) is 1. The van der Waals surface area contributed by atoms with Gasteiger partial charge in [0.05, 0.1) is 38.9 Å². The molecular weight excluding hydrogens is 966 g/mol. The van der Waals surface area contributed by atoms with Crippen molar-refractivity contribution in [3.8, 4) is 0 Å². The first-order chi connectivity index (χ1) is 34.4. The van der Waals surface area contributed by atoms with Gasteiger partial charge in [0.25, 0.3) is 23.5 Å². The van der Waals surface area contributed by atoms with Gasteiger partial charge in [0.1, 0.15) is 11.6 Å². The second-order valence-corrected chi connectivity index (χ2v) is 20.4. The van der Waals surface area contributed by atoms with Gasteiger partial charge < -0.3 is 40.2 Å². The molecule has 4 aliphatic rings. The minimum absolute atomic E-state index is 0.0334. The molecule has 4 aromatic carbocycles. The molecule has 0 saturated carbocycles. The summed E-state index contributed by atoms with van der Waals surface area (Å²) in [4.78, 5) is 68.4. The number of β-amino-alcohol motifs (C(OH)–C–C–N with tert-alkyl or cyclic N) is 2. The Morgan fingerprint density at radius 1 is 0.625 bits per heavy atom. The van der Waals surface area contributed by atoms with E-state index in [9.17, 15) is 33.1 Å². The largest absolute Gasteiger partial charge is 0.392 e. The van der Waals surface area contributed by atoms with Gasteiger partial charge in [-0.25, -0.2) is 8.78 Å². The van der Waals surface area contributed by atoms with Crippen molar-refractivity contribution >= 4 is 68.5 Å². The van der Waals surface area contributed by atoms with Crippen LogP contribution in [0.3, 0.4) is 0 Å². The fourth-order valence-corrected chi connectivity index (χ4v) is 10.4. The molecule has 72 heavy (non-hydrogen) atoms. The molecule has 4 aliphatic heterocycles. The topological polar surface area (TPSA) is 169 Å². The highest BCUT2D eigenvalue weighted by atomic mass is 35.5. The van der Waals surface area contributed by atoms with Gasteiger partial charge >= 0.3 is 0 Å². The monoisotopic (exact) mass is 1030 g/mol. The summed E-state index contributed by atoms with van der Waals surface area (Å²) in [5.41, 5.74) is 4.52. The first kappa shape index (κ1) is 52.6. The van der Waals surface area contributed by atoms with Crippen molar-refractivity contribution in [3.05, 3.63) is 141 Å². The fraction of sp³-hybridized carbons (Fsp3) is 0.407. The van der Waals surface area contributed by atoms with Crippen molar-refractivity contribution in [2.45, 2.75) is 90.0 Å². The molecule has 382 valence electrons. The molecule has 6 heterocycles. The fourth-order valence-electron chi connectivity index (χ4n) is 9.92. The van der Waals surface area contributed by atoms with E-state index in [2.05, 4.69) is 38.9 Å². The minimum atomic E-state index is -0.692. The van der Waals surface area contributed by atoms with E-state index in [1.54, 1.807) is 29.2 Å². The van der Waals surface area contributed by atoms with E-state index >= 15 is 0 Å². The zero-order valence-electron chi connectivity index (χ0n) is 40.9. The number of aromatic nitrogens is 2. The Morgan fingerprint density at radius 2 is 1.17 bits per heavy atom. The van der Waals surface area contributed by atoms with E-state index in [1.165, 1.54) is 35.4 Å². The molecule has 3 amide bonds. The Hall–Kier alpha value is -5.72. The van der Waals surface area contributed by atoms with E-state index in [-0.39, 0.29) is 76.4 Å². The van der Waals surface area contributed by atoms with Gasteiger partial charge in [-0.2, -0.15) is 0 Å². The van der Waals surface area contributed by atoms with Crippen LogP contribution in [0.2, 0.25) is 10.0 Å². The number of nitrogens with one attached hydrogen (secondary N) is 3. The Labute approximate surface area is 427 Å². The molecule has 14 nitrogen and oxygen atoms in total. The first-order valence-corrected chi connectivity index (χ1v) is 25.3. The Kier molecular flexibility index (Phi) is 16.8. The van der Waals surface area contributed by atoms with Gasteiger partial charge in [0.2, 0.25) is 0 Å². The molecule has 5 N–H and O–H groups in total. The maximum absolute atomic E-state index is 13.7. The summed E-state index contributed by atoms with van der Waals surface area (Å²) in [7, 11) is 0. The number of hydrogen-bond acceptors (Lipinski definition) is 9. The third-order valence-corrected chi connectivity index (χ3v) is 14.8. The number of ketones is 1. The molecule has 6 aromatic rings. The van der Waals surface area contributed by atoms with Crippen LogP contribution >= 0.6 is 23.2 Å². The van der Waals surface area contributed by atoms with E-state index < -0.39 is 17.8 Å². The summed E-state index contributed by atoms with van der Waals surface area (Å²) >= 11 is 12.9. The van der Waals surface area contributed by atoms with Crippen molar-refractivity contribution in [1.29, 1.82) is 0 Å². The number of rotatable bonds is 8. The van der Waals surface area contributed by atoms with Crippen LogP contribution in [0, 0.1) is 11.6 Å². The molecule has 10 rings (SSSR count). The average molecular weight is 1030 g/mol. The van der Waals surface area contributed by atoms with Crippen LogP contribution in [0.4, 0.5) is 8.78 Å². The van der Waals surface area contributed by atoms with Crippen LogP contribution in [0.1, 0.15) is 82.7 Å². The number of piperazine rings is 2. The zero-order chi connectivity index (χ0) is 51.4. The molecular formula is C54H62Cl2F2N8O6. The lowest BCUT2D eigenvalue weighted by atomic mass is 10.0. The maximum Gasteiger partial charge on any atom is 0.295 e. The second kappa shape index (κ2) is 23.0. The van der Waals surface area contributed by atoms with Gasteiger partial charge in [-0.1, -0.05) is 47.5 Å². The molecule has 0 aliphatic carbocycles. The quantitative estimate of drug-likeness (QED) is 0.0766. The SMILES string of the molecule is C[C@@H]1CN(Cc2ccc(F)cc2)[C@@H](C)CN1C(=O)c1cc2c(C(=O)C(=O)N3CC[C@@H](O)C3)c[nH]c2cc1Cl.C[C@@H]1CN(Cc2ccc(F)cc2)[C@@H](C)CN1C(=O)c1cc2cc[nH]c2cc1Cl.O[C@@H]1CCNC1. The summed E-state index contributed by atoms with van der Waals surface area (Å²) in [6, 6.07) is 22.0. The second-order valence-electron chi connectivity index (χ2n) is 19.6. The van der Waals surface area contributed by atoms with E-state index in [1.807, 2.05) is 55.3 Å². The summed E-state index contributed by atoms with van der Waals surface area (Å²) in [6.45, 7) is 14.3. The number of aliphatic hydroxyl groups excluding tert-OH is 2. The predicted molar refractivity (Wildman–Crippen MR) is 275 cm³/mol. The van der Waals surface area contributed by atoms with Crippen molar-refractivity contribution in [3.63, 3.8) is 0 Å². The summed E-state index contributed by atoms with van der Waals surface area (Å²) in [5.74, 6) is -2.14. The zero-order valence-corrected chi connectivity index (χ0v) is 42.4. The molecule has 0 bridgehead atoms. The van der Waals surface area contributed by atoms with Gasteiger partial charge in [-0.3, -0.25) is 29.0 Å². The number of hydrogen-bond donors (Lipinski definition) is 5. The lowest BCUT2D eigenvalue weighted by Crippen LogP contribution is -2.57. The Balaban J connectivity index is 0.000000178. The van der Waals surface area contributed by atoms with Gasteiger partial charge in [0.15, 0.2) is 0 Å². The number of nitrogens with zero attached hydrogens (tertiary/aromatic N) is 5. The predicted octanol–water partition coefficient (Wildman–Crippen LogP) is 7.51. The molecule has 0 radical (unpaired) electrons. The lowest BCUT2D eigenvalue weighted by molar-refractivity contribution is -0.125. The number of aliphatic hydroxyl groups is 2. The number of fused-ring (bicyclic) bond motifs is 2. The first-order valence-electron chi connectivity index (χ1n) is 24.5. The highest BCUT2D eigenvalue weighted by Gasteiger charge is 2.36. The van der Waals surface area contributed by atoms with E-state index in [0.29, 0.717) is 60.6 Å². The molecule has 2 aromatic heterocycles. The number of benzene rings is 4. The molecule has 0 unspecified atom stereocenters. The van der Waals surface area contributed by atoms with E-state index in [4.69, 9.17) is 28.3 Å². The third kappa shape index (κ3) is 12.2. The standard InChI is InChI=1S/C28H30ClFN4O4.C22H23ClFN3O.C4H9NO/c1-16-13-34(17(2)12-33(16)14-18-3-5-19(30)6-4-18)27(37)22-9-21-23(11-31-25(21)10-24(22)29)26(36)28(38)32-8-7-20(35)15-32;1-14-12-27(15(2)11-26(14)13-16-3-5-18(24)6-4-16)22(28)19-9-17-7-8-25-21(17)10-20(19)23;6-4-1-2-5-3-4/h3-6,9-11,16-17,20,31,35H,7-8,12-15H2,1-2H3;3-10,14-15,25H,11-13H2,1-2H3;4-6H,1-3H2/t16-,17+,20+;14-,15+;4-/m001/s1. The lowest BCUT2D eigenvalue weighted by Gasteiger charge is -2.44. The summed E-state index contributed by atoms with van der Waals surface area (Å²) in [5, 5.41) is 23.6. The Morgan fingerprint density at radius 3 is 1.65 bits per heavy atom.